The van der Waals surface area contributed by atoms with E-state index in [4.69, 9.17) is 23.7 Å². The molecule has 1 amide bonds. The molecule has 12 atom stereocenters. The number of ketones is 1. The van der Waals surface area contributed by atoms with Gasteiger partial charge in [0.15, 0.2) is 23.6 Å². The Morgan fingerprint density at radius 2 is 1.42 bits per heavy atom. The molecular weight excluding hydrogens is 872 g/mol. The summed E-state index contributed by atoms with van der Waals surface area (Å²) in [6.07, 6.45) is -17.3. The second-order valence-electron chi connectivity index (χ2n) is 18.0. The molecule has 0 aromatic heterocycles. The third kappa shape index (κ3) is 8.28. The van der Waals surface area contributed by atoms with Crippen molar-refractivity contribution in [2.24, 2.45) is 22.7 Å². The van der Waals surface area contributed by atoms with Crippen molar-refractivity contribution in [2.75, 3.05) is 6.61 Å². The Kier molecular flexibility index (Phi) is 12.9. The molecule has 3 aliphatic carbocycles. The van der Waals surface area contributed by atoms with Gasteiger partial charge in [0, 0.05) is 31.7 Å². The number of aliphatic hydroxyl groups is 3. The van der Waals surface area contributed by atoms with Crippen molar-refractivity contribution < 1.29 is 80.9 Å². The van der Waals surface area contributed by atoms with E-state index in [2.05, 4.69) is 5.32 Å². The minimum atomic E-state index is -4.75. The summed E-state index contributed by atoms with van der Waals surface area (Å²) in [5.41, 5.74) is -6.53. The summed E-state index contributed by atoms with van der Waals surface area (Å²) in [6, 6.07) is 16.8. The highest BCUT2D eigenvalue weighted by molar-refractivity contribution is 5.96. The van der Waals surface area contributed by atoms with Crippen LogP contribution in [0.2, 0.25) is 0 Å². The van der Waals surface area contributed by atoms with Crippen LogP contribution in [-0.4, -0.2) is 106 Å². The first-order chi connectivity index (χ1) is 30.9. The summed E-state index contributed by atoms with van der Waals surface area (Å²) in [4.78, 5) is 83.6. The molecule has 18 heteroatoms. The van der Waals surface area contributed by atoms with Crippen LogP contribution in [-0.2, 0) is 49.0 Å². The van der Waals surface area contributed by atoms with Crippen molar-refractivity contribution in [1.82, 2.24) is 5.32 Å². The maximum absolute atomic E-state index is 15.5. The van der Waals surface area contributed by atoms with Crippen LogP contribution in [0, 0.1) is 22.7 Å². The topological polar surface area (TPSA) is 221 Å². The molecule has 2 bridgehead atoms. The normalized spacial score (nSPS) is 30.9. The van der Waals surface area contributed by atoms with E-state index in [1.54, 1.807) is 38.1 Å². The van der Waals surface area contributed by atoms with Crippen LogP contribution < -0.4 is 5.32 Å². The van der Waals surface area contributed by atoms with Gasteiger partial charge in [0.2, 0.25) is 0 Å². The summed E-state index contributed by atoms with van der Waals surface area (Å²) in [5.74, 6) is -8.94. The first-order valence-electron chi connectivity index (χ1n) is 21.2. The zero-order chi connectivity index (χ0) is 48.3. The van der Waals surface area contributed by atoms with Gasteiger partial charge in [-0.3, -0.25) is 19.2 Å². The molecule has 1 heterocycles. The van der Waals surface area contributed by atoms with E-state index >= 15 is 4.79 Å². The number of ether oxygens (including phenoxy) is 5. The highest BCUT2D eigenvalue weighted by Crippen LogP contribution is 2.63. The maximum Gasteiger partial charge on any atom is 0.416 e. The second-order valence-corrected chi connectivity index (χ2v) is 18.0. The molecule has 7 rings (SSSR count). The number of esters is 4. The molecule has 0 spiro atoms. The number of carbonyl (C=O) groups is 6. The lowest BCUT2D eigenvalue weighted by Gasteiger charge is -2.66. The zero-order valence-corrected chi connectivity index (χ0v) is 36.7. The lowest BCUT2D eigenvalue weighted by atomic mass is 9.45. The van der Waals surface area contributed by atoms with Crippen LogP contribution >= 0.6 is 0 Å². The van der Waals surface area contributed by atoms with E-state index in [0.29, 0.717) is 12.1 Å². The SMILES string of the molecule is CC(=O)OC1C(=O)C2(C)C(O)CC3OCC3(OC(C)=O)C2C(OC(=O)c2ccccc2)C2C(O)C(OC(=O)C(O)C(NC(=O)c3ccccc3)c3ccc(C(F)(F)F)cc3)C(C)=C1C2(C)C. The Morgan fingerprint density at radius 3 is 1.95 bits per heavy atom. The molecule has 4 aliphatic rings. The van der Waals surface area contributed by atoms with Gasteiger partial charge in [-0.05, 0) is 72.4 Å². The number of aliphatic hydroxyl groups excluding tert-OH is 3. The molecule has 3 fully saturated rings. The number of hydrogen-bond acceptors (Lipinski definition) is 14. The fourth-order valence-corrected chi connectivity index (χ4v) is 10.6. The summed E-state index contributed by atoms with van der Waals surface area (Å²) >= 11 is 0. The van der Waals surface area contributed by atoms with Gasteiger partial charge in [0.05, 0.1) is 41.2 Å². The summed E-state index contributed by atoms with van der Waals surface area (Å²) in [7, 11) is 0. The first kappa shape index (κ1) is 48.0. The Hall–Kier alpha value is -5.95. The fraction of sp³-hybridized carbons (Fsp3) is 0.458. The smallest absolute Gasteiger partial charge is 0.416 e. The lowest BCUT2D eigenvalue weighted by Crippen LogP contribution is -2.80. The lowest BCUT2D eigenvalue weighted by molar-refractivity contribution is -0.337. The monoisotopic (exact) mass is 921 g/mol. The molecule has 66 heavy (non-hydrogen) atoms. The van der Waals surface area contributed by atoms with Gasteiger partial charge in [0.25, 0.3) is 5.91 Å². The average molecular weight is 922 g/mol. The predicted octanol–water partition coefficient (Wildman–Crippen LogP) is 4.61. The van der Waals surface area contributed by atoms with Gasteiger partial charge >= 0.3 is 30.1 Å². The van der Waals surface area contributed by atoms with E-state index in [1.807, 2.05) is 0 Å². The van der Waals surface area contributed by atoms with Crippen LogP contribution in [0.3, 0.4) is 0 Å². The van der Waals surface area contributed by atoms with Gasteiger partial charge < -0.3 is 44.3 Å². The molecule has 12 unspecified atom stereocenters. The molecule has 352 valence electrons. The number of Topliss-reactive ketones (excluding diaryl/α,β-unsaturated/α-hetero) is 1. The molecule has 4 N–H and O–H groups in total. The van der Waals surface area contributed by atoms with Gasteiger partial charge in [-0.1, -0.05) is 62.4 Å². The van der Waals surface area contributed by atoms with E-state index in [-0.39, 0.29) is 40.9 Å². The Labute approximate surface area is 377 Å². The predicted molar refractivity (Wildman–Crippen MR) is 223 cm³/mol. The van der Waals surface area contributed by atoms with Crippen LogP contribution in [0.1, 0.15) is 85.8 Å². The molecule has 0 radical (unpaired) electrons. The number of hydrogen-bond donors (Lipinski definition) is 4. The van der Waals surface area contributed by atoms with Gasteiger partial charge in [-0.15, -0.1) is 0 Å². The number of carbonyl (C=O) groups excluding carboxylic acids is 6. The van der Waals surface area contributed by atoms with Crippen molar-refractivity contribution in [2.45, 2.75) is 109 Å². The zero-order valence-electron chi connectivity index (χ0n) is 36.7. The van der Waals surface area contributed by atoms with Crippen molar-refractivity contribution >= 4 is 35.6 Å². The molecule has 2 saturated carbocycles. The Bertz CT molecular complexity index is 2420. The van der Waals surface area contributed by atoms with E-state index in [1.165, 1.54) is 50.2 Å². The molecule has 3 aromatic carbocycles. The first-order valence-corrected chi connectivity index (χ1v) is 21.2. The van der Waals surface area contributed by atoms with Crippen LogP contribution in [0.25, 0.3) is 0 Å². The second kappa shape index (κ2) is 17.7. The van der Waals surface area contributed by atoms with Crippen molar-refractivity contribution in [3.8, 4) is 0 Å². The van der Waals surface area contributed by atoms with Crippen LogP contribution in [0.15, 0.2) is 96.1 Å². The Balaban J connectivity index is 1.38. The molecule has 15 nitrogen and oxygen atoms in total. The quantitative estimate of drug-likeness (QED) is 0.124. The number of benzene rings is 3. The summed E-state index contributed by atoms with van der Waals surface area (Å²) < 4.78 is 70.9. The number of alkyl halides is 3. The highest BCUT2D eigenvalue weighted by Gasteiger charge is 2.76. The standard InChI is InChI=1S/C48H50F3NO14/c1-23-32-39(63-24(2)53)41(58)46(6)30(55)21-31-47(22-62-31,66-25(3)54)40(46)38(65-43(60)28-15-11-8-12-16-28)33(45(32,4)5)35(56)37(23)64-44(61)36(57)34(52-42(59)27-13-9-7-10-14-27)26-17-19-29(20-18-26)48(49,50)51/h7-20,30-31,33-40,55-57H,21-22H2,1-6H3,(H,52,59). The number of fused-ring (bicyclic) bond motifs is 5. The minimum Gasteiger partial charge on any atom is -0.458 e. The van der Waals surface area contributed by atoms with E-state index in [0.717, 1.165) is 26.0 Å². The molecule has 1 saturated heterocycles. The number of rotatable bonds is 10. The largest absolute Gasteiger partial charge is 0.458 e. The number of amides is 1. The maximum atomic E-state index is 15.5. The minimum absolute atomic E-state index is 0.0110. The van der Waals surface area contributed by atoms with Crippen molar-refractivity contribution in [1.29, 1.82) is 0 Å². The van der Waals surface area contributed by atoms with Gasteiger partial charge in [0.1, 0.15) is 24.4 Å². The molecule has 1 aliphatic heterocycles. The highest BCUT2D eigenvalue weighted by atomic mass is 19.4. The van der Waals surface area contributed by atoms with E-state index < -0.39 is 124 Å². The van der Waals surface area contributed by atoms with Gasteiger partial charge in [-0.25, -0.2) is 9.59 Å². The summed E-state index contributed by atoms with van der Waals surface area (Å²) in [6.45, 7) is 7.73. The molecule has 3 aromatic rings. The Morgan fingerprint density at radius 1 is 0.833 bits per heavy atom. The number of nitrogens with one attached hydrogen (secondary N) is 1. The van der Waals surface area contributed by atoms with E-state index in [9.17, 15) is 52.5 Å². The van der Waals surface area contributed by atoms with Crippen molar-refractivity contribution in [3.63, 3.8) is 0 Å². The summed E-state index contributed by atoms with van der Waals surface area (Å²) in [5, 5.41) is 39.1. The van der Waals surface area contributed by atoms with Crippen LogP contribution in [0.5, 0.6) is 0 Å². The average Bonchev–Trinajstić information content (AvgIpc) is 3.26. The van der Waals surface area contributed by atoms with Crippen molar-refractivity contribution in [3.05, 3.63) is 118 Å². The van der Waals surface area contributed by atoms with Gasteiger partial charge in [-0.2, -0.15) is 13.2 Å². The third-order valence-corrected chi connectivity index (χ3v) is 13.7. The molecular formula is C48H50F3NO14. The third-order valence-electron chi connectivity index (χ3n) is 13.7. The number of halogens is 3. The van der Waals surface area contributed by atoms with Crippen LogP contribution in [0.4, 0.5) is 13.2 Å². The fourth-order valence-electron chi connectivity index (χ4n) is 10.6.